The maximum absolute atomic E-state index is 3.46. The van der Waals surface area contributed by atoms with Gasteiger partial charge in [-0.25, -0.2) is 0 Å². The third-order valence-electron chi connectivity index (χ3n) is 2.67. The quantitative estimate of drug-likeness (QED) is 0.463. The van der Waals surface area contributed by atoms with Gasteiger partial charge in [0.15, 0.2) is 0 Å². The Hall–Kier alpha value is -0.120. The first-order valence-corrected chi connectivity index (χ1v) is 4.02. The van der Waals surface area contributed by atoms with E-state index in [1.807, 2.05) is 0 Å². The van der Waals surface area contributed by atoms with E-state index in [0.717, 1.165) is 25.3 Å². The van der Waals surface area contributed by atoms with Crippen LogP contribution in [-0.4, -0.2) is 43.8 Å². The minimum Gasteiger partial charge on any atom is -0.303 e. The molecule has 0 bridgehead atoms. The number of nitrogens with zero attached hydrogens (tertiary/aromatic N) is 1. The Bertz CT molecular complexity index is 124. The van der Waals surface area contributed by atoms with Crippen molar-refractivity contribution in [1.82, 2.24) is 15.5 Å². The Labute approximate surface area is 61.8 Å². The van der Waals surface area contributed by atoms with Gasteiger partial charge in [0.2, 0.25) is 0 Å². The van der Waals surface area contributed by atoms with Gasteiger partial charge in [0.25, 0.3) is 0 Å². The topological polar surface area (TPSA) is 27.3 Å². The normalized spacial score (nSPS) is 41.7. The van der Waals surface area contributed by atoms with Crippen molar-refractivity contribution in [1.29, 1.82) is 0 Å². The number of fused-ring (bicyclic) bond motifs is 1. The lowest BCUT2D eigenvalue weighted by Gasteiger charge is -2.30. The first-order chi connectivity index (χ1) is 4.88. The van der Waals surface area contributed by atoms with Crippen LogP contribution in [0.4, 0.5) is 0 Å². The molecule has 2 saturated heterocycles. The van der Waals surface area contributed by atoms with Crippen molar-refractivity contribution in [3.63, 3.8) is 0 Å². The van der Waals surface area contributed by atoms with E-state index >= 15 is 0 Å². The van der Waals surface area contributed by atoms with Crippen LogP contribution >= 0.6 is 0 Å². The Morgan fingerprint density at radius 2 is 2.40 bits per heavy atom. The van der Waals surface area contributed by atoms with Crippen LogP contribution in [-0.2, 0) is 0 Å². The van der Waals surface area contributed by atoms with E-state index in [1.165, 1.54) is 13.0 Å². The van der Waals surface area contributed by atoms with Gasteiger partial charge in [0, 0.05) is 25.3 Å². The summed E-state index contributed by atoms with van der Waals surface area (Å²) in [4.78, 5) is 2.43. The zero-order valence-electron chi connectivity index (χ0n) is 6.43. The molecule has 2 heterocycles. The molecule has 0 aromatic heterocycles. The smallest absolute Gasteiger partial charge is 0.0457 e. The van der Waals surface area contributed by atoms with Gasteiger partial charge in [-0.15, -0.1) is 0 Å². The van der Waals surface area contributed by atoms with Crippen molar-refractivity contribution in [3.8, 4) is 0 Å². The number of hydrogen-bond donors (Lipinski definition) is 2. The van der Waals surface area contributed by atoms with E-state index in [1.54, 1.807) is 0 Å². The highest BCUT2D eigenvalue weighted by atomic mass is 15.3. The molecule has 2 unspecified atom stereocenters. The van der Waals surface area contributed by atoms with Gasteiger partial charge in [0.1, 0.15) is 0 Å². The molecule has 0 aromatic carbocycles. The van der Waals surface area contributed by atoms with Crippen LogP contribution in [0.5, 0.6) is 0 Å². The molecule has 2 aliphatic rings. The summed E-state index contributed by atoms with van der Waals surface area (Å²) in [6.07, 6.45) is 1.32. The zero-order valence-corrected chi connectivity index (χ0v) is 6.43. The summed E-state index contributed by atoms with van der Waals surface area (Å²) in [5, 5.41) is 6.79. The molecule has 0 saturated carbocycles. The van der Waals surface area contributed by atoms with Crippen LogP contribution in [0, 0.1) is 0 Å². The van der Waals surface area contributed by atoms with Crippen molar-refractivity contribution in [2.45, 2.75) is 18.5 Å². The SMILES string of the molecule is CN1CCC2NCNCC21. The second-order valence-electron chi connectivity index (χ2n) is 3.28. The Balaban J connectivity index is 2.01. The third kappa shape index (κ3) is 0.944. The second kappa shape index (κ2) is 2.49. The van der Waals surface area contributed by atoms with E-state index in [-0.39, 0.29) is 0 Å². The lowest BCUT2D eigenvalue weighted by Crippen LogP contribution is -2.55. The molecule has 3 heteroatoms. The molecule has 58 valence electrons. The van der Waals surface area contributed by atoms with Crippen molar-refractivity contribution in [3.05, 3.63) is 0 Å². The molecular weight excluding hydrogens is 126 g/mol. The molecule has 0 aliphatic carbocycles. The van der Waals surface area contributed by atoms with Crippen LogP contribution in [0.3, 0.4) is 0 Å². The Morgan fingerprint density at radius 3 is 3.20 bits per heavy atom. The van der Waals surface area contributed by atoms with Gasteiger partial charge >= 0.3 is 0 Å². The summed E-state index contributed by atoms with van der Waals surface area (Å²) < 4.78 is 0. The first kappa shape index (κ1) is 6.58. The molecule has 0 aromatic rings. The molecule has 2 N–H and O–H groups in total. The third-order valence-corrected chi connectivity index (χ3v) is 2.67. The maximum Gasteiger partial charge on any atom is 0.0457 e. The highest BCUT2D eigenvalue weighted by Gasteiger charge is 2.32. The van der Waals surface area contributed by atoms with Crippen LogP contribution in [0.2, 0.25) is 0 Å². The van der Waals surface area contributed by atoms with Crippen LogP contribution < -0.4 is 10.6 Å². The highest BCUT2D eigenvalue weighted by Crippen LogP contribution is 2.16. The van der Waals surface area contributed by atoms with Gasteiger partial charge < -0.3 is 15.5 Å². The minimum absolute atomic E-state index is 0.744. The highest BCUT2D eigenvalue weighted by molar-refractivity contribution is 4.93. The van der Waals surface area contributed by atoms with Gasteiger partial charge in [-0.05, 0) is 20.0 Å². The number of likely N-dealkylation sites (N-methyl/N-ethyl adjacent to an activating group) is 1. The summed E-state index contributed by atoms with van der Waals surface area (Å²) in [7, 11) is 2.21. The standard InChI is InChI=1S/C7H15N3/c1-10-3-2-6-7(10)4-8-5-9-6/h6-9H,2-5H2,1H3. The number of nitrogens with one attached hydrogen (secondary N) is 2. The van der Waals surface area contributed by atoms with Gasteiger partial charge in [-0.2, -0.15) is 0 Å². The Kier molecular flexibility index (Phi) is 1.64. The largest absolute Gasteiger partial charge is 0.303 e. The summed E-state index contributed by atoms with van der Waals surface area (Å²) in [5.74, 6) is 0. The van der Waals surface area contributed by atoms with Crippen molar-refractivity contribution < 1.29 is 0 Å². The minimum atomic E-state index is 0.744. The molecule has 0 amide bonds. The average Bonchev–Trinajstić information content (AvgIpc) is 2.34. The average molecular weight is 141 g/mol. The number of likely N-dealkylation sites (tertiary alicyclic amines) is 1. The molecule has 2 atom stereocenters. The van der Waals surface area contributed by atoms with E-state index in [0.29, 0.717) is 0 Å². The summed E-state index contributed by atoms with van der Waals surface area (Å²) in [6, 6.07) is 1.50. The molecule has 10 heavy (non-hydrogen) atoms. The van der Waals surface area contributed by atoms with Crippen molar-refractivity contribution in [2.75, 3.05) is 26.8 Å². The molecule has 2 fully saturated rings. The fraction of sp³-hybridized carbons (Fsp3) is 1.00. The number of rotatable bonds is 0. The monoisotopic (exact) mass is 141 g/mol. The van der Waals surface area contributed by atoms with Crippen LogP contribution in [0.25, 0.3) is 0 Å². The number of hydrogen-bond acceptors (Lipinski definition) is 3. The fourth-order valence-electron chi connectivity index (χ4n) is 1.97. The van der Waals surface area contributed by atoms with E-state index in [4.69, 9.17) is 0 Å². The predicted molar refractivity (Wildman–Crippen MR) is 40.8 cm³/mol. The summed E-state index contributed by atoms with van der Waals surface area (Å²) >= 11 is 0. The van der Waals surface area contributed by atoms with E-state index in [2.05, 4.69) is 22.6 Å². The summed E-state index contributed by atoms with van der Waals surface area (Å²) in [6.45, 7) is 3.41. The van der Waals surface area contributed by atoms with E-state index in [9.17, 15) is 0 Å². The van der Waals surface area contributed by atoms with Gasteiger partial charge in [0.05, 0.1) is 0 Å². The predicted octanol–water partition coefficient (Wildman–Crippen LogP) is -0.791. The molecule has 2 rings (SSSR count). The maximum atomic E-state index is 3.46. The summed E-state index contributed by atoms with van der Waals surface area (Å²) in [5.41, 5.74) is 0. The zero-order chi connectivity index (χ0) is 6.97. The van der Waals surface area contributed by atoms with Gasteiger partial charge in [-0.3, -0.25) is 0 Å². The fourth-order valence-corrected chi connectivity index (χ4v) is 1.97. The first-order valence-electron chi connectivity index (χ1n) is 4.02. The van der Waals surface area contributed by atoms with Crippen molar-refractivity contribution in [2.24, 2.45) is 0 Å². The van der Waals surface area contributed by atoms with Crippen LogP contribution in [0.15, 0.2) is 0 Å². The molecule has 0 radical (unpaired) electrons. The van der Waals surface area contributed by atoms with E-state index < -0.39 is 0 Å². The lowest BCUT2D eigenvalue weighted by molar-refractivity contribution is 0.241. The van der Waals surface area contributed by atoms with Crippen LogP contribution in [0.1, 0.15) is 6.42 Å². The van der Waals surface area contributed by atoms with Gasteiger partial charge in [-0.1, -0.05) is 0 Å². The van der Waals surface area contributed by atoms with Crippen molar-refractivity contribution >= 4 is 0 Å². The molecule has 3 nitrogen and oxygen atoms in total. The molecule has 2 aliphatic heterocycles. The Morgan fingerprint density at radius 1 is 1.50 bits per heavy atom. The molecular formula is C7H15N3. The lowest BCUT2D eigenvalue weighted by atomic mass is 10.1. The molecule has 0 spiro atoms. The second-order valence-corrected chi connectivity index (χ2v) is 3.28.